The van der Waals surface area contributed by atoms with E-state index < -0.39 is 0 Å². The van der Waals surface area contributed by atoms with E-state index in [0.29, 0.717) is 12.2 Å². The van der Waals surface area contributed by atoms with Crippen LogP contribution in [0.2, 0.25) is 0 Å². The van der Waals surface area contributed by atoms with Crippen molar-refractivity contribution < 1.29 is 9.32 Å². The first-order chi connectivity index (χ1) is 14.2. The molecule has 0 atom stereocenters. The lowest BCUT2D eigenvalue weighted by molar-refractivity contribution is 0.0913. The normalized spacial score (nSPS) is 14.7. The molecule has 1 fully saturated rings. The van der Waals surface area contributed by atoms with Crippen LogP contribution in [-0.4, -0.2) is 42.1 Å². The van der Waals surface area contributed by atoms with Crippen molar-refractivity contribution in [3.05, 3.63) is 83.2 Å². The molecule has 1 aliphatic heterocycles. The Morgan fingerprint density at radius 1 is 1.00 bits per heavy atom. The molecular formula is C23H26N4O2. The summed E-state index contributed by atoms with van der Waals surface area (Å²) in [5.41, 5.74) is 4.36. The van der Waals surface area contributed by atoms with Crippen LogP contribution in [0.1, 0.15) is 27.4 Å². The van der Waals surface area contributed by atoms with Gasteiger partial charge in [0, 0.05) is 51.0 Å². The molecule has 0 bridgehead atoms. The van der Waals surface area contributed by atoms with Crippen LogP contribution in [-0.2, 0) is 13.1 Å². The maximum Gasteiger partial charge on any atom is 0.290 e. The minimum atomic E-state index is -0.239. The predicted octanol–water partition coefficient (Wildman–Crippen LogP) is 3.24. The van der Waals surface area contributed by atoms with Crippen LogP contribution >= 0.6 is 0 Å². The van der Waals surface area contributed by atoms with Gasteiger partial charge in [-0.1, -0.05) is 47.6 Å². The summed E-state index contributed by atoms with van der Waals surface area (Å²) in [7, 11) is 0. The Hall–Kier alpha value is -3.12. The Morgan fingerprint density at radius 3 is 2.38 bits per heavy atom. The highest BCUT2D eigenvalue weighted by Crippen LogP contribution is 2.18. The first kappa shape index (κ1) is 19.2. The van der Waals surface area contributed by atoms with E-state index in [0.717, 1.165) is 38.3 Å². The Balaban J connectivity index is 1.33. The van der Waals surface area contributed by atoms with Crippen LogP contribution in [0.15, 0.2) is 65.2 Å². The molecule has 4 rings (SSSR count). The van der Waals surface area contributed by atoms with E-state index in [4.69, 9.17) is 4.52 Å². The molecule has 1 aromatic heterocycles. The Labute approximate surface area is 171 Å². The third kappa shape index (κ3) is 4.84. The van der Waals surface area contributed by atoms with Gasteiger partial charge in [0.15, 0.2) is 0 Å². The summed E-state index contributed by atoms with van der Waals surface area (Å²) in [6.45, 7) is 7.24. The molecule has 3 aromatic rings. The van der Waals surface area contributed by atoms with E-state index in [9.17, 15) is 4.79 Å². The third-order valence-electron chi connectivity index (χ3n) is 5.30. The number of anilines is 1. The highest BCUT2D eigenvalue weighted by Gasteiger charge is 2.18. The van der Waals surface area contributed by atoms with E-state index in [1.165, 1.54) is 11.3 Å². The number of hydrogen-bond donors (Lipinski definition) is 1. The number of amides is 1. The second-order valence-corrected chi connectivity index (χ2v) is 7.38. The number of nitrogens with zero attached hydrogens (tertiary/aromatic N) is 3. The van der Waals surface area contributed by atoms with Gasteiger partial charge in [-0.2, -0.15) is 0 Å². The van der Waals surface area contributed by atoms with Crippen LogP contribution < -0.4 is 10.2 Å². The van der Waals surface area contributed by atoms with Gasteiger partial charge in [0.1, 0.15) is 0 Å². The minimum Gasteiger partial charge on any atom is -0.369 e. The third-order valence-corrected chi connectivity index (χ3v) is 5.30. The van der Waals surface area contributed by atoms with Gasteiger partial charge >= 0.3 is 0 Å². The number of nitrogens with one attached hydrogen (secondary N) is 1. The van der Waals surface area contributed by atoms with Crippen molar-refractivity contribution in [2.24, 2.45) is 0 Å². The number of carbonyl (C=O) groups excluding carboxylic acids is 1. The van der Waals surface area contributed by atoms with Gasteiger partial charge in [0.2, 0.25) is 5.76 Å². The lowest BCUT2D eigenvalue weighted by Gasteiger charge is -2.36. The average molecular weight is 390 g/mol. The monoisotopic (exact) mass is 390 g/mol. The van der Waals surface area contributed by atoms with Gasteiger partial charge in [0.05, 0.1) is 5.69 Å². The van der Waals surface area contributed by atoms with Crippen LogP contribution in [0.25, 0.3) is 0 Å². The fourth-order valence-corrected chi connectivity index (χ4v) is 3.66. The van der Waals surface area contributed by atoms with E-state index >= 15 is 0 Å². The summed E-state index contributed by atoms with van der Waals surface area (Å²) in [6, 6.07) is 20.5. The molecule has 150 valence electrons. The van der Waals surface area contributed by atoms with E-state index in [1.807, 2.05) is 6.07 Å². The van der Waals surface area contributed by atoms with Crippen molar-refractivity contribution in [3.63, 3.8) is 0 Å². The fourth-order valence-electron chi connectivity index (χ4n) is 3.66. The zero-order chi connectivity index (χ0) is 20.1. The lowest BCUT2D eigenvalue weighted by Crippen LogP contribution is -2.46. The Bertz CT molecular complexity index is 946. The molecule has 2 aromatic carbocycles. The van der Waals surface area contributed by atoms with E-state index in [-0.39, 0.29) is 11.7 Å². The summed E-state index contributed by atoms with van der Waals surface area (Å²) >= 11 is 0. The summed E-state index contributed by atoms with van der Waals surface area (Å²) in [5.74, 6) is 0.00823. The van der Waals surface area contributed by atoms with Crippen LogP contribution in [0, 0.1) is 6.92 Å². The largest absolute Gasteiger partial charge is 0.369 e. The molecule has 0 spiro atoms. The topological polar surface area (TPSA) is 61.6 Å². The standard InChI is InChI=1S/C23H26N4O2/c1-18-15-22(29-25-18)23(28)24-16-19-7-5-6-8-20(19)17-26-11-13-27(14-12-26)21-9-3-2-4-10-21/h2-10,15H,11-14,16-17H2,1H3,(H,24,28). The van der Waals surface area contributed by atoms with Crippen molar-refractivity contribution in [1.29, 1.82) is 0 Å². The molecule has 29 heavy (non-hydrogen) atoms. The highest BCUT2D eigenvalue weighted by atomic mass is 16.5. The molecule has 1 saturated heterocycles. The Kier molecular flexibility index (Phi) is 5.91. The molecule has 0 unspecified atom stereocenters. The molecule has 6 heteroatoms. The molecule has 0 saturated carbocycles. The predicted molar refractivity (Wildman–Crippen MR) is 113 cm³/mol. The van der Waals surface area contributed by atoms with Crippen molar-refractivity contribution in [2.45, 2.75) is 20.0 Å². The molecule has 1 aliphatic rings. The second kappa shape index (κ2) is 8.92. The molecular weight excluding hydrogens is 364 g/mol. The highest BCUT2D eigenvalue weighted by molar-refractivity contribution is 5.91. The quantitative estimate of drug-likeness (QED) is 0.700. The van der Waals surface area contributed by atoms with Crippen molar-refractivity contribution in [2.75, 3.05) is 31.1 Å². The number of aromatic nitrogens is 1. The van der Waals surface area contributed by atoms with Gasteiger partial charge in [-0.3, -0.25) is 9.69 Å². The van der Waals surface area contributed by atoms with Gasteiger partial charge in [-0.05, 0) is 30.2 Å². The first-order valence-electron chi connectivity index (χ1n) is 10.00. The molecule has 1 N–H and O–H groups in total. The summed E-state index contributed by atoms with van der Waals surface area (Å²) in [5, 5.41) is 6.70. The maximum atomic E-state index is 12.2. The van der Waals surface area contributed by atoms with Gasteiger partial charge in [-0.15, -0.1) is 0 Å². The molecule has 1 amide bonds. The molecule has 0 radical (unpaired) electrons. The van der Waals surface area contributed by atoms with Crippen LogP contribution in [0.4, 0.5) is 5.69 Å². The average Bonchev–Trinajstić information content (AvgIpc) is 3.20. The number of carbonyl (C=O) groups is 1. The maximum absolute atomic E-state index is 12.2. The summed E-state index contributed by atoms with van der Waals surface area (Å²) in [4.78, 5) is 17.1. The number of rotatable bonds is 6. The first-order valence-corrected chi connectivity index (χ1v) is 10.00. The molecule has 2 heterocycles. The second-order valence-electron chi connectivity index (χ2n) is 7.38. The smallest absolute Gasteiger partial charge is 0.290 e. The van der Waals surface area contributed by atoms with Crippen molar-refractivity contribution >= 4 is 11.6 Å². The summed E-state index contributed by atoms with van der Waals surface area (Å²) < 4.78 is 5.04. The Morgan fingerprint density at radius 2 is 1.69 bits per heavy atom. The summed E-state index contributed by atoms with van der Waals surface area (Å²) in [6.07, 6.45) is 0. The number of piperazine rings is 1. The van der Waals surface area contributed by atoms with Gasteiger partial charge < -0.3 is 14.7 Å². The zero-order valence-corrected chi connectivity index (χ0v) is 16.7. The van der Waals surface area contributed by atoms with Crippen molar-refractivity contribution in [1.82, 2.24) is 15.4 Å². The minimum absolute atomic E-state index is 0.239. The van der Waals surface area contributed by atoms with Crippen molar-refractivity contribution in [3.8, 4) is 0 Å². The zero-order valence-electron chi connectivity index (χ0n) is 16.7. The van der Waals surface area contributed by atoms with E-state index in [1.54, 1.807) is 13.0 Å². The SMILES string of the molecule is Cc1cc(C(=O)NCc2ccccc2CN2CCN(c3ccccc3)CC2)on1. The fraction of sp³-hybridized carbons (Fsp3) is 0.304. The van der Waals surface area contributed by atoms with Gasteiger partial charge in [-0.25, -0.2) is 0 Å². The number of aryl methyl sites for hydroxylation is 1. The number of hydrogen-bond acceptors (Lipinski definition) is 5. The van der Waals surface area contributed by atoms with E-state index in [2.05, 4.69) is 68.8 Å². The molecule has 6 nitrogen and oxygen atoms in total. The van der Waals surface area contributed by atoms with Crippen LogP contribution in [0.3, 0.4) is 0 Å². The van der Waals surface area contributed by atoms with Crippen LogP contribution in [0.5, 0.6) is 0 Å². The number of benzene rings is 2. The van der Waals surface area contributed by atoms with Gasteiger partial charge in [0.25, 0.3) is 5.91 Å². The molecule has 0 aliphatic carbocycles. The number of para-hydroxylation sites is 1. The lowest BCUT2D eigenvalue weighted by atomic mass is 10.1.